The highest BCUT2D eigenvalue weighted by Gasteiger charge is 2.45. The van der Waals surface area contributed by atoms with Crippen LogP contribution < -0.4 is 79.8 Å². The third-order valence-electron chi connectivity index (χ3n) is 12.5. The molecule has 0 heterocycles. The normalized spacial score (nSPS) is 16.9. The maximum atomic E-state index is 13.3. The molecule has 0 aromatic carbocycles. The Balaban J connectivity index is 0. The minimum atomic E-state index is -5.88. The Morgan fingerprint density at radius 1 is 0.485 bits per heavy atom. The van der Waals surface area contributed by atoms with Gasteiger partial charge >= 0.3 is 0 Å². The van der Waals surface area contributed by atoms with Gasteiger partial charge in [-0.25, -0.2) is 0 Å². The number of aliphatic carboxylic acids is 6. The summed E-state index contributed by atoms with van der Waals surface area (Å²) in [6.07, 6.45) is -1.01. The number of carboxylic acid groups (broad SMARTS) is 6. The van der Waals surface area contributed by atoms with Crippen molar-refractivity contribution in [2.24, 2.45) is 58.2 Å². The monoisotopic (exact) mass is 1010 g/mol. The fraction of sp³-hybridized carbons (Fsp3) is 0.810. The van der Waals surface area contributed by atoms with E-state index in [1.165, 1.54) is 27.7 Å². The molecule has 0 fully saturated rings. The van der Waals surface area contributed by atoms with Gasteiger partial charge in [-0.2, -0.15) is 0 Å². The van der Waals surface area contributed by atoms with E-state index in [2.05, 4.69) is 10.6 Å². The number of carbonyl (C=O) groups is 8. The van der Waals surface area contributed by atoms with Gasteiger partial charge in [0, 0.05) is 103 Å². The quantitative estimate of drug-likeness (QED) is 0.0359. The van der Waals surface area contributed by atoms with Crippen molar-refractivity contribution in [3.63, 3.8) is 0 Å². The standard InChI is InChI=1S/C26H49N4O9Si.C16H25O11Si/c1-9-19(40(37,38)39)20(22(31)27-12-10-14-29(5)6)18(25(35)36)16-26(3,4)21(17(2)24(33)34)23(32)28-13-11-15-30(7)8;1-5-9(28(25,26)27)10(14(21)22)8(13(19)20)6-16(3,4)11(15(23)24)7(2)12(17)18/h17-21H,9-16H2,1-8H3,(H,27,31)(H,28,32)(H,33,34)(H,35,36);7-11H,5-6H2,1-4H3,(H,17,18)(H,19,20)(H,21,22)(H,23,24)/q2*-3/p-4. The molecule has 0 saturated carbocycles. The van der Waals surface area contributed by atoms with Crippen LogP contribution >= 0.6 is 0 Å². The molecule has 0 saturated heterocycles. The Labute approximate surface area is 400 Å². The molecule has 0 spiro atoms. The van der Waals surface area contributed by atoms with E-state index in [0.717, 1.165) is 44.0 Å². The van der Waals surface area contributed by atoms with Crippen LogP contribution in [0.5, 0.6) is 0 Å². The first-order valence-electron chi connectivity index (χ1n) is 22.4. The maximum Gasteiger partial charge on any atom is 0.224 e. The zero-order chi connectivity index (χ0) is 54.0. The zero-order valence-corrected chi connectivity index (χ0v) is 43.0. The Hall–Kier alpha value is -4.13. The van der Waals surface area contributed by atoms with Crippen molar-refractivity contribution in [2.75, 3.05) is 54.4 Å². The van der Waals surface area contributed by atoms with Crippen LogP contribution in [0.25, 0.3) is 0 Å². The van der Waals surface area contributed by atoms with Gasteiger partial charge in [0.05, 0.1) is 47.2 Å². The summed E-state index contributed by atoms with van der Waals surface area (Å²) in [5.41, 5.74) is -7.03. The van der Waals surface area contributed by atoms with E-state index in [1.807, 2.05) is 28.2 Å². The highest BCUT2D eigenvalue weighted by atomic mass is 28.4. The topological polar surface area (TPSA) is 446 Å². The lowest BCUT2D eigenvalue weighted by atomic mass is 9.65. The molecule has 0 bridgehead atoms. The van der Waals surface area contributed by atoms with Crippen molar-refractivity contribution in [1.82, 2.24) is 10.6 Å². The van der Waals surface area contributed by atoms with Crippen LogP contribution in [-0.4, -0.2) is 120 Å². The number of amides is 2. The number of rotatable bonds is 32. The van der Waals surface area contributed by atoms with Crippen LogP contribution in [0.1, 0.15) is 93.9 Å². The molecular weight excluding hydrogens is 937 g/mol. The second kappa shape index (κ2) is 28.5. The van der Waals surface area contributed by atoms with Crippen LogP contribution in [0.15, 0.2) is 0 Å². The second-order valence-electron chi connectivity index (χ2n) is 19.5. The number of carboxylic acids is 6. The average Bonchev–Trinajstić information content (AvgIpc) is 3.15. The molecule has 0 aliphatic heterocycles. The van der Waals surface area contributed by atoms with Crippen LogP contribution in [0.3, 0.4) is 0 Å². The number of nitrogens with one attached hydrogen (secondary N) is 4. The third kappa shape index (κ3) is 21.2. The van der Waals surface area contributed by atoms with Crippen LogP contribution in [0.4, 0.5) is 0 Å². The van der Waals surface area contributed by atoms with Crippen molar-refractivity contribution in [3.05, 3.63) is 0 Å². The first-order chi connectivity index (χ1) is 30.8. The van der Waals surface area contributed by atoms with Gasteiger partial charge in [-0.15, -0.1) is 0 Å². The number of quaternary nitrogens is 2. The first kappa shape index (κ1) is 66.0. The summed E-state index contributed by atoms with van der Waals surface area (Å²) in [5.74, 6) is -26.7. The van der Waals surface area contributed by atoms with E-state index in [0.29, 0.717) is 19.4 Å². The van der Waals surface area contributed by atoms with Gasteiger partial charge in [-0.05, 0) is 23.7 Å². The van der Waals surface area contributed by atoms with Crippen molar-refractivity contribution in [2.45, 2.75) is 105 Å². The van der Waals surface area contributed by atoms with E-state index < -0.39 is 154 Å². The van der Waals surface area contributed by atoms with Gasteiger partial charge in [0.2, 0.25) is 11.8 Å². The number of carbonyl (C=O) groups excluding carboxylic acids is 8. The van der Waals surface area contributed by atoms with Crippen LogP contribution in [0, 0.1) is 58.2 Å². The Morgan fingerprint density at radius 3 is 1.10 bits per heavy atom. The minimum Gasteiger partial charge on any atom is -0.881 e. The van der Waals surface area contributed by atoms with Crippen molar-refractivity contribution < 1.29 is 108 Å². The summed E-state index contributed by atoms with van der Waals surface area (Å²) >= 11 is 0. The van der Waals surface area contributed by atoms with Gasteiger partial charge in [-0.3, -0.25) is 27.2 Å². The van der Waals surface area contributed by atoms with Gasteiger partial charge in [0.25, 0.3) is 0 Å². The lowest BCUT2D eigenvalue weighted by molar-refractivity contribution is -0.858. The minimum absolute atomic E-state index is 0.132. The fourth-order valence-corrected chi connectivity index (χ4v) is 11.7. The Kier molecular flexibility index (Phi) is 27.7. The molecule has 2 amide bonds. The largest absolute Gasteiger partial charge is 0.881 e. The molecule has 10 atom stereocenters. The van der Waals surface area contributed by atoms with Crippen LogP contribution in [-0.2, 0) is 38.4 Å². The molecule has 68 heavy (non-hydrogen) atoms. The molecule has 24 nitrogen and oxygen atoms in total. The Morgan fingerprint density at radius 2 is 0.809 bits per heavy atom. The SMILES string of the molecule is CCC(C(C(=O)NCCC[NH+](C)C)C(CC(C)(C)C(C(=O)NCCC[NH+](C)C)C(C)C(=O)[O-])C(=O)[O-])[Si]([O-])([O-])[O-].CCC(C(C(=O)[O-])C(CC(C)(C)C(C(=O)[O-])C(C)C(=O)[O-])C(=O)[O-])[Si]([O-])([O-])[O-]. The molecule has 0 aromatic heterocycles. The zero-order valence-electron chi connectivity index (χ0n) is 41.0. The lowest BCUT2D eigenvalue weighted by Gasteiger charge is -2.65. The van der Waals surface area contributed by atoms with E-state index in [1.54, 1.807) is 0 Å². The van der Waals surface area contributed by atoms with Gasteiger partial charge < -0.3 is 109 Å². The number of hydrogen-bond acceptors (Lipinski definition) is 20. The van der Waals surface area contributed by atoms with Gasteiger partial charge in [0.1, 0.15) is 0 Å². The summed E-state index contributed by atoms with van der Waals surface area (Å²) < 4.78 is 0. The summed E-state index contributed by atoms with van der Waals surface area (Å²) in [6, 6.07) is 0. The summed E-state index contributed by atoms with van der Waals surface area (Å²) in [4.78, 5) is 170. The molecule has 0 aliphatic rings. The maximum absolute atomic E-state index is 13.3. The van der Waals surface area contributed by atoms with Crippen LogP contribution in [0.2, 0.25) is 11.1 Å². The van der Waals surface area contributed by atoms with E-state index in [4.69, 9.17) is 0 Å². The molecule has 0 radical (unpaired) electrons. The predicted molar refractivity (Wildman–Crippen MR) is 216 cm³/mol. The van der Waals surface area contributed by atoms with E-state index in [-0.39, 0.29) is 19.5 Å². The molecule has 0 aromatic rings. The Bertz CT molecular complexity index is 1690. The number of hydrogen-bond donors (Lipinski definition) is 4. The van der Waals surface area contributed by atoms with Crippen molar-refractivity contribution in [3.8, 4) is 0 Å². The predicted octanol–water partition coefficient (Wildman–Crippen LogP) is -14.8. The van der Waals surface area contributed by atoms with E-state index >= 15 is 0 Å². The third-order valence-corrected chi connectivity index (χ3v) is 15.8. The molecular formula is C42H70N4O20Si2-10. The van der Waals surface area contributed by atoms with Crippen molar-refractivity contribution >= 4 is 65.2 Å². The summed E-state index contributed by atoms with van der Waals surface area (Å²) in [6.45, 7) is 11.8. The second-order valence-corrected chi connectivity index (χ2v) is 23.4. The summed E-state index contributed by atoms with van der Waals surface area (Å²) in [5, 5.41) is 75.2. The molecule has 10 unspecified atom stereocenters. The van der Waals surface area contributed by atoms with Crippen molar-refractivity contribution in [1.29, 1.82) is 0 Å². The highest BCUT2D eigenvalue weighted by Crippen LogP contribution is 2.45. The highest BCUT2D eigenvalue weighted by molar-refractivity contribution is 6.53. The lowest BCUT2D eigenvalue weighted by Crippen LogP contribution is -3.05. The van der Waals surface area contributed by atoms with Gasteiger partial charge in [-0.1, -0.05) is 79.3 Å². The fourth-order valence-electron chi connectivity index (χ4n) is 9.07. The molecule has 396 valence electrons. The molecule has 0 rings (SSSR count). The van der Waals surface area contributed by atoms with Gasteiger partial charge in [0.15, 0.2) is 0 Å². The molecule has 0 aliphatic carbocycles. The summed E-state index contributed by atoms with van der Waals surface area (Å²) in [7, 11) is -3.97. The first-order valence-corrected chi connectivity index (χ1v) is 26.0. The molecule has 26 heteroatoms. The molecule has 4 N–H and O–H groups in total. The smallest absolute Gasteiger partial charge is 0.224 e. The van der Waals surface area contributed by atoms with E-state index in [9.17, 15) is 97.8 Å². The average molecular weight is 1010 g/mol.